The van der Waals surface area contributed by atoms with E-state index < -0.39 is 0 Å². The van der Waals surface area contributed by atoms with E-state index in [0.29, 0.717) is 43.3 Å². The molecule has 1 aliphatic heterocycles. The zero-order valence-corrected chi connectivity index (χ0v) is 13.8. The molecule has 2 heterocycles. The van der Waals surface area contributed by atoms with E-state index in [1.165, 1.54) is 6.07 Å². The van der Waals surface area contributed by atoms with E-state index in [1.807, 2.05) is 0 Å². The van der Waals surface area contributed by atoms with Gasteiger partial charge in [0.05, 0.1) is 0 Å². The van der Waals surface area contributed by atoms with Gasteiger partial charge < -0.3 is 10.2 Å². The third kappa shape index (κ3) is 4.01. The Hall–Kier alpha value is -2.18. The lowest BCUT2D eigenvalue weighted by molar-refractivity contribution is 0.142. The van der Waals surface area contributed by atoms with Crippen LogP contribution in [0.4, 0.5) is 14.9 Å². The van der Waals surface area contributed by atoms with Crippen LogP contribution < -0.4 is 5.32 Å². The maximum Gasteiger partial charge on any atom is 0.321 e. The molecule has 0 bridgehead atoms. The smallest absolute Gasteiger partial charge is 0.321 e. The van der Waals surface area contributed by atoms with Crippen LogP contribution in [0.3, 0.4) is 0 Å². The first kappa shape index (κ1) is 16.7. The van der Waals surface area contributed by atoms with Crippen LogP contribution in [-0.2, 0) is 6.54 Å². The van der Waals surface area contributed by atoms with Crippen LogP contribution in [0.25, 0.3) is 0 Å². The average molecular weight is 349 g/mol. The van der Waals surface area contributed by atoms with Crippen molar-refractivity contribution in [2.75, 3.05) is 31.5 Å². The molecule has 0 saturated carbocycles. The van der Waals surface area contributed by atoms with E-state index >= 15 is 0 Å². The van der Waals surface area contributed by atoms with Crippen LogP contribution in [0.1, 0.15) is 5.56 Å². The number of carbonyl (C=O) groups excluding carboxylic acids is 1. The van der Waals surface area contributed by atoms with Crippen LogP contribution in [0.5, 0.6) is 0 Å². The quantitative estimate of drug-likeness (QED) is 0.926. The number of halogens is 2. The minimum absolute atomic E-state index is 0.134. The predicted molar refractivity (Wildman–Crippen MR) is 91.5 cm³/mol. The lowest BCUT2D eigenvalue weighted by atomic mass is 10.2. The zero-order chi connectivity index (χ0) is 16.9. The molecule has 2 amide bonds. The Balaban J connectivity index is 1.53. The fourth-order valence-corrected chi connectivity index (χ4v) is 2.88. The van der Waals surface area contributed by atoms with Gasteiger partial charge in [0.1, 0.15) is 5.82 Å². The van der Waals surface area contributed by atoms with E-state index in [-0.39, 0.29) is 11.8 Å². The summed E-state index contributed by atoms with van der Waals surface area (Å²) in [5.74, 6) is -0.291. The number of nitrogens with one attached hydrogen (secondary N) is 1. The van der Waals surface area contributed by atoms with E-state index in [2.05, 4.69) is 15.2 Å². The molecule has 0 unspecified atom stereocenters. The molecule has 126 valence electrons. The predicted octanol–water partition coefficient (Wildman–Crippen LogP) is 3.22. The summed E-state index contributed by atoms with van der Waals surface area (Å²) >= 11 is 6.07. The van der Waals surface area contributed by atoms with Crippen LogP contribution in [-0.4, -0.2) is 47.0 Å². The highest BCUT2D eigenvalue weighted by atomic mass is 35.5. The lowest BCUT2D eigenvalue weighted by Gasteiger charge is -2.34. The number of hydrogen-bond acceptors (Lipinski definition) is 3. The molecule has 1 saturated heterocycles. The SMILES string of the molecule is O=C(Nc1ccncc1)N1CCN(Cc2c(F)cccc2Cl)CC1. The summed E-state index contributed by atoms with van der Waals surface area (Å²) in [6.07, 6.45) is 3.26. The average Bonchev–Trinajstić information content (AvgIpc) is 2.60. The Morgan fingerprint density at radius 2 is 1.88 bits per heavy atom. The third-order valence-electron chi connectivity index (χ3n) is 4.03. The Morgan fingerprint density at radius 3 is 2.54 bits per heavy atom. The van der Waals surface area contributed by atoms with Crippen molar-refractivity contribution >= 4 is 23.3 Å². The molecule has 1 fully saturated rings. The van der Waals surface area contributed by atoms with Gasteiger partial charge in [-0.05, 0) is 24.3 Å². The van der Waals surface area contributed by atoms with Crippen molar-refractivity contribution in [3.8, 4) is 0 Å². The first-order valence-corrected chi connectivity index (χ1v) is 8.12. The number of benzene rings is 1. The van der Waals surface area contributed by atoms with Crippen molar-refractivity contribution in [3.63, 3.8) is 0 Å². The first-order valence-electron chi connectivity index (χ1n) is 7.74. The highest BCUT2D eigenvalue weighted by molar-refractivity contribution is 6.31. The van der Waals surface area contributed by atoms with Gasteiger partial charge in [0.25, 0.3) is 0 Å². The zero-order valence-electron chi connectivity index (χ0n) is 13.1. The van der Waals surface area contributed by atoms with Gasteiger partial charge in [0.15, 0.2) is 0 Å². The second-order valence-electron chi connectivity index (χ2n) is 5.63. The van der Waals surface area contributed by atoms with Crippen molar-refractivity contribution in [1.82, 2.24) is 14.8 Å². The molecule has 1 N–H and O–H groups in total. The highest BCUT2D eigenvalue weighted by Gasteiger charge is 2.22. The number of amides is 2. The normalized spacial score (nSPS) is 15.3. The molecule has 5 nitrogen and oxygen atoms in total. The van der Waals surface area contributed by atoms with E-state index in [9.17, 15) is 9.18 Å². The molecule has 1 aliphatic rings. The summed E-state index contributed by atoms with van der Waals surface area (Å²) in [6, 6.07) is 8.06. The monoisotopic (exact) mass is 348 g/mol. The Morgan fingerprint density at radius 1 is 1.17 bits per heavy atom. The minimum atomic E-state index is -0.291. The molecule has 0 aliphatic carbocycles. The molecular formula is C17H18ClFN4O. The number of anilines is 1. The number of rotatable bonds is 3. The number of piperazine rings is 1. The van der Waals surface area contributed by atoms with Gasteiger partial charge in [0, 0.05) is 61.4 Å². The Kier molecular flexibility index (Phi) is 5.27. The van der Waals surface area contributed by atoms with Crippen LogP contribution in [0.2, 0.25) is 5.02 Å². The number of carbonyl (C=O) groups is 1. The molecule has 3 rings (SSSR count). The molecule has 24 heavy (non-hydrogen) atoms. The van der Waals surface area contributed by atoms with Crippen molar-refractivity contribution < 1.29 is 9.18 Å². The molecule has 2 aromatic rings. The fraction of sp³-hybridized carbons (Fsp3) is 0.294. The van der Waals surface area contributed by atoms with Crippen LogP contribution in [0, 0.1) is 5.82 Å². The Labute approximate surface area is 145 Å². The van der Waals surface area contributed by atoms with Crippen molar-refractivity contribution in [2.24, 2.45) is 0 Å². The minimum Gasteiger partial charge on any atom is -0.322 e. The fourth-order valence-electron chi connectivity index (χ4n) is 2.65. The maximum absolute atomic E-state index is 13.9. The lowest BCUT2D eigenvalue weighted by Crippen LogP contribution is -2.49. The topological polar surface area (TPSA) is 48.5 Å². The number of nitrogens with zero attached hydrogens (tertiary/aromatic N) is 3. The molecule has 7 heteroatoms. The van der Waals surface area contributed by atoms with Gasteiger partial charge in [-0.2, -0.15) is 0 Å². The first-order chi connectivity index (χ1) is 11.6. The van der Waals surface area contributed by atoms with E-state index in [0.717, 1.165) is 5.69 Å². The maximum atomic E-state index is 13.9. The van der Waals surface area contributed by atoms with Crippen molar-refractivity contribution in [3.05, 3.63) is 59.1 Å². The summed E-state index contributed by atoms with van der Waals surface area (Å²) in [5, 5.41) is 3.28. The third-order valence-corrected chi connectivity index (χ3v) is 4.39. The summed E-state index contributed by atoms with van der Waals surface area (Å²) in [4.78, 5) is 20.0. The standard InChI is InChI=1S/C17H18ClFN4O/c18-15-2-1-3-16(19)14(15)12-22-8-10-23(11-9-22)17(24)21-13-4-6-20-7-5-13/h1-7H,8-12H2,(H,20,21,24). The van der Waals surface area contributed by atoms with Gasteiger partial charge in [-0.3, -0.25) is 9.88 Å². The Bertz CT molecular complexity index is 685. The molecule has 0 spiro atoms. The summed E-state index contributed by atoms with van der Waals surface area (Å²) in [5.41, 5.74) is 1.23. The van der Waals surface area contributed by atoms with E-state index in [4.69, 9.17) is 11.6 Å². The highest BCUT2D eigenvalue weighted by Crippen LogP contribution is 2.21. The van der Waals surface area contributed by atoms with Gasteiger partial charge in [-0.15, -0.1) is 0 Å². The molecule has 0 atom stereocenters. The van der Waals surface area contributed by atoms with Crippen LogP contribution in [0.15, 0.2) is 42.7 Å². The van der Waals surface area contributed by atoms with Gasteiger partial charge in [0.2, 0.25) is 0 Å². The number of urea groups is 1. The number of aromatic nitrogens is 1. The van der Waals surface area contributed by atoms with Crippen molar-refractivity contribution in [1.29, 1.82) is 0 Å². The molecule has 1 aromatic heterocycles. The van der Waals surface area contributed by atoms with Crippen molar-refractivity contribution in [2.45, 2.75) is 6.54 Å². The van der Waals surface area contributed by atoms with Gasteiger partial charge in [-0.25, -0.2) is 9.18 Å². The second-order valence-corrected chi connectivity index (χ2v) is 6.04. The molecule has 1 aromatic carbocycles. The van der Waals surface area contributed by atoms with Crippen LogP contribution >= 0.6 is 11.6 Å². The van der Waals surface area contributed by atoms with Gasteiger partial charge in [-0.1, -0.05) is 17.7 Å². The summed E-state index contributed by atoms with van der Waals surface area (Å²) in [6.45, 7) is 2.97. The largest absolute Gasteiger partial charge is 0.322 e. The molecular weight excluding hydrogens is 331 g/mol. The number of hydrogen-bond donors (Lipinski definition) is 1. The summed E-state index contributed by atoms with van der Waals surface area (Å²) < 4.78 is 13.9. The van der Waals surface area contributed by atoms with Gasteiger partial charge >= 0.3 is 6.03 Å². The van der Waals surface area contributed by atoms with E-state index in [1.54, 1.807) is 41.6 Å². The molecule has 0 radical (unpaired) electrons. The second kappa shape index (κ2) is 7.59. The summed E-state index contributed by atoms with van der Waals surface area (Å²) in [7, 11) is 0. The number of pyridine rings is 1.